The summed E-state index contributed by atoms with van der Waals surface area (Å²) in [5.74, 6) is -1.18. The molecule has 0 saturated heterocycles. The van der Waals surface area contributed by atoms with Crippen LogP contribution in [0, 0.1) is 5.82 Å². The average Bonchev–Trinajstić information content (AvgIpc) is 3.50. The maximum atomic E-state index is 14.4. The average molecular weight is 495 g/mol. The maximum absolute atomic E-state index is 14.4. The van der Waals surface area contributed by atoms with Crippen molar-refractivity contribution in [2.24, 2.45) is 0 Å². The molecule has 0 bridgehead atoms. The van der Waals surface area contributed by atoms with Gasteiger partial charge < -0.3 is 10.6 Å². The number of carbonyl (C=O) groups is 1. The van der Waals surface area contributed by atoms with Gasteiger partial charge in [-0.15, -0.1) is 0 Å². The summed E-state index contributed by atoms with van der Waals surface area (Å²) in [7, 11) is -3.50. The highest BCUT2D eigenvalue weighted by atomic mass is 32.2. The Balaban J connectivity index is 1.58. The number of sulfonamides is 1. The highest BCUT2D eigenvalue weighted by Gasteiger charge is 2.44. The van der Waals surface area contributed by atoms with Gasteiger partial charge >= 0.3 is 0 Å². The van der Waals surface area contributed by atoms with Crippen molar-refractivity contribution in [3.63, 3.8) is 0 Å². The fourth-order valence-electron chi connectivity index (χ4n) is 3.87. The zero-order valence-corrected chi connectivity index (χ0v) is 19.1. The maximum Gasteiger partial charge on any atom is 0.216 e. The lowest BCUT2D eigenvalue weighted by molar-refractivity contribution is 0.0845. The number of aromatic amines is 1. The van der Waals surface area contributed by atoms with E-state index in [0.29, 0.717) is 33.4 Å². The standard InChI is InChI=1S/C22H19FN8O3S/c1-35(33,34)29-8-13-4-14(6-16(23)5-13)21(32)22(27-2-3-28-22)20-17-7-18(15-9-24-12-25-10-15)26-11-19(17)30-31-20/h2-7,9-12,27-29H,8H2,1H3,(H,30,31). The van der Waals surface area contributed by atoms with Gasteiger partial charge in [0.2, 0.25) is 21.5 Å². The number of carbonyl (C=O) groups excluding carboxylic acids is 1. The van der Waals surface area contributed by atoms with Gasteiger partial charge in [-0.1, -0.05) is 0 Å². The van der Waals surface area contributed by atoms with Gasteiger partial charge in [0.05, 0.1) is 23.8 Å². The van der Waals surface area contributed by atoms with E-state index in [4.69, 9.17) is 0 Å². The molecule has 0 spiro atoms. The molecule has 0 atom stereocenters. The van der Waals surface area contributed by atoms with Crippen molar-refractivity contribution in [2.45, 2.75) is 12.2 Å². The molecular formula is C22H19FN8O3S. The molecule has 0 saturated carbocycles. The third-order valence-corrected chi connectivity index (χ3v) is 6.12. The third-order valence-electron chi connectivity index (χ3n) is 5.45. The Morgan fingerprint density at radius 3 is 2.54 bits per heavy atom. The Morgan fingerprint density at radius 1 is 1.09 bits per heavy atom. The first kappa shape index (κ1) is 22.6. The number of aromatic nitrogens is 5. The Kier molecular flexibility index (Phi) is 5.49. The minimum Gasteiger partial charge on any atom is -0.356 e. The van der Waals surface area contributed by atoms with E-state index in [1.165, 1.54) is 18.5 Å². The molecule has 35 heavy (non-hydrogen) atoms. The summed E-state index contributed by atoms with van der Waals surface area (Å²) < 4.78 is 39.6. The number of ketones is 1. The number of hydrogen-bond donors (Lipinski definition) is 4. The molecule has 0 aliphatic carbocycles. The summed E-state index contributed by atoms with van der Waals surface area (Å²) in [6.45, 7) is -0.163. The van der Waals surface area contributed by atoms with Crippen molar-refractivity contribution in [1.82, 2.24) is 40.5 Å². The topological polar surface area (TPSA) is 155 Å². The predicted molar refractivity (Wildman–Crippen MR) is 124 cm³/mol. The number of H-pyrrole nitrogens is 1. The minimum atomic E-state index is -3.50. The Bertz CT molecular complexity index is 1560. The number of Topliss-reactive ketones (excluding diaryl/α,β-unsaturated/α-hetero) is 1. The molecule has 4 N–H and O–H groups in total. The first-order valence-corrected chi connectivity index (χ1v) is 12.2. The summed E-state index contributed by atoms with van der Waals surface area (Å²) in [6, 6.07) is 5.47. The van der Waals surface area contributed by atoms with Crippen LogP contribution in [0.3, 0.4) is 0 Å². The zero-order chi connectivity index (χ0) is 24.6. The van der Waals surface area contributed by atoms with E-state index >= 15 is 0 Å². The van der Waals surface area contributed by atoms with Crippen LogP contribution in [0.25, 0.3) is 22.2 Å². The van der Waals surface area contributed by atoms with Crippen molar-refractivity contribution in [3.05, 3.63) is 84.2 Å². The molecule has 0 radical (unpaired) electrons. The monoisotopic (exact) mass is 494 g/mol. The third kappa shape index (κ3) is 4.34. The van der Waals surface area contributed by atoms with Crippen LogP contribution in [0.2, 0.25) is 0 Å². The molecule has 11 nitrogen and oxygen atoms in total. The van der Waals surface area contributed by atoms with Gasteiger partial charge in [-0.3, -0.25) is 14.9 Å². The first-order valence-electron chi connectivity index (χ1n) is 10.3. The molecule has 0 fully saturated rings. The molecule has 1 aliphatic rings. The van der Waals surface area contributed by atoms with Crippen molar-refractivity contribution in [2.75, 3.05) is 6.26 Å². The van der Waals surface area contributed by atoms with Crippen molar-refractivity contribution >= 4 is 26.7 Å². The predicted octanol–water partition coefficient (Wildman–Crippen LogP) is 1.30. The van der Waals surface area contributed by atoms with Crippen LogP contribution in [0.15, 0.2) is 61.6 Å². The van der Waals surface area contributed by atoms with Crippen molar-refractivity contribution in [1.29, 1.82) is 0 Å². The van der Waals surface area contributed by atoms with Crippen molar-refractivity contribution < 1.29 is 17.6 Å². The normalized spacial score (nSPS) is 14.6. The van der Waals surface area contributed by atoms with Crippen molar-refractivity contribution in [3.8, 4) is 11.3 Å². The molecule has 4 aromatic rings. The first-order chi connectivity index (χ1) is 16.7. The zero-order valence-electron chi connectivity index (χ0n) is 18.3. The summed E-state index contributed by atoms with van der Waals surface area (Å²) in [6.07, 6.45) is 10.3. The van der Waals surface area contributed by atoms with Gasteiger partial charge in [-0.2, -0.15) is 5.10 Å². The van der Waals surface area contributed by atoms with E-state index in [1.54, 1.807) is 37.1 Å². The van der Waals surface area contributed by atoms with Gasteiger partial charge in [0.1, 0.15) is 17.7 Å². The molecule has 3 aromatic heterocycles. The van der Waals surface area contributed by atoms with Crippen LogP contribution in [0.1, 0.15) is 21.6 Å². The smallest absolute Gasteiger partial charge is 0.216 e. The highest BCUT2D eigenvalue weighted by molar-refractivity contribution is 7.88. The molecule has 1 aliphatic heterocycles. The summed E-state index contributed by atoms with van der Waals surface area (Å²) >= 11 is 0. The van der Waals surface area contributed by atoms with Gasteiger partial charge in [0.25, 0.3) is 0 Å². The van der Waals surface area contributed by atoms with Crippen LogP contribution >= 0.6 is 0 Å². The van der Waals surface area contributed by atoms with Gasteiger partial charge in [0.15, 0.2) is 0 Å². The Morgan fingerprint density at radius 2 is 1.83 bits per heavy atom. The lowest BCUT2D eigenvalue weighted by atomic mass is 9.92. The van der Waals surface area contributed by atoms with Gasteiger partial charge in [-0.25, -0.2) is 27.5 Å². The molecule has 13 heteroatoms. The quantitative estimate of drug-likeness (QED) is 0.278. The Labute approximate surface area is 199 Å². The number of nitrogens with one attached hydrogen (secondary N) is 4. The minimum absolute atomic E-state index is 0.0347. The second-order valence-electron chi connectivity index (χ2n) is 7.96. The lowest BCUT2D eigenvalue weighted by Gasteiger charge is -2.28. The molecular weight excluding hydrogens is 475 g/mol. The van der Waals surface area contributed by atoms with E-state index in [-0.39, 0.29) is 12.1 Å². The number of fused-ring (bicyclic) bond motifs is 1. The fraction of sp³-hybridized carbons (Fsp3) is 0.136. The largest absolute Gasteiger partial charge is 0.356 e. The van der Waals surface area contributed by atoms with Gasteiger partial charge in [0, 0.05) is 47.9 Å². The number of halogens is 1. The number of rotatable bonds is 7. The number of pyridine rings is 1. The van der Waals surface area contributed by atoms with Crippen LogP contribution < -0.4 is 15.4 Å². The van der Waals surface area contributed by atoms with E-state index in [9.17, 15) is 17.6 Å². The van der Waals surface area contributed by atoms with E-state index in [2.05, 4.69) is 40.5 Å². The van der Waals surface area contributed by atoms with Crippen LogP contribution in [0.4, 0.5) is 4.39 Å². The van der Waals surface area contributed by atoms with E-state index in [0.717, 1.165) is 12.3 Å². The second kappa shape index (κ2) is 8.52. The van der Waals surface area contributed by atoms with E-state index < -0.39 is 27.3 Å². The molecule has 4 heterocycles. The summed E-state index contributed by atoms with van der Waals surface area (Å²) in [5.41, 5.74) is 0.978. The SMILES string of the molecule is CS(=O)(=O)NCc1cc(F)cc(C(=O)C2(c3[nH]nc4cnc(-c5cncnc5)cc34)NC=CN2)c1. The second-order valence-corrected chi connectivity index (χ2v) is 9.79. The summed E-state index contributed by atoms with van der Waals surface area (Å²) in [4.78, 5) is 26.2. The number of hydrogen-bond acceptors (Lipinski definition) is 9. The summed E-state index contributed by atoms with van der Waals surface area (Å²) in [5, 5.41) is 13.8. The number of benzene rings is 1. The molecule has 1 aromatic carbocycles. The van der Waals surface area contributed by atoms with E-state index in [1.807, 2.05) is 0 Å². The lowest BCUT2D eigenvalue weighted by Crippen LogP contribution is -2.53. The van der Waals surface area contributed by atoms with Crippen LogP contribution in [-0.4, -0.2) is 45.6 Å². The number of nitrogens with zero attached hydrogens (tertiary/aromatic N) is 4. The fourth-order valence-corrected chi connectivity index (χ4v) is 4.30. The highest BCUT2D eigenvalue weighted by Crippen LogP contribution is 2.32. The molecule has 0 unspecified atom stereocenters. The van der Waals surface area contributed by atoms with Crippen LogP contribution in [-0.2, 0) is 22.2 Å². The molecule has 178 valence electrons. The van der Waals surface area contributed by atoms with Gasteiger partial charge in [-0.05, 0) is 29.8 Å². The Hall–Kier alpha value is -4.23. The molecule has 0 amide bonds. The van der Waals surface area contributed by atoms with Crippen LogP contribution in [0.5, 0.6) is 0 Å². The molecule has 5 rings (SSSR count).